The van der Waals surface area contributed by atoms with Crippen molar-refractivity contribution in [2.75, 3.05) is 0 Å². The number of nitrogens with zero attached hydrogens (tertiary/aromatic N) is 3. The van der Waals surface area contributed by atoms with Gasteiger partial charge in [-0.1, -0.05) is 97.1 Å². The molecular formula is C39H25N3. The fraction of sp³-hybridized carbons (Fsp3) is 0. The van der Waals surface area contributed by atoms with E-state index in [0.717, 1.165) is 44.5 Å². The van der Waals surface area contributed by atoms with Gasteiger partial charge in [-0.05, 0) is 74.6 Å². The minimum atomic E-state index is 0.899. The topological polar surface area (TPSA) is 38.7 Å². The van der Waals surface area contributed by atoms with Gasteiger partial charge in [0.15, 0.2) is 0 Å². The van der Waals surface area contributed by atoms with E-state index >= 15 is 0 Å². The van der Waals surface area contributed by atoms with Crippen molar-refractivity contribution in [3.63, 3.8) is 0 Å². The molecule has 3 heterocycles. The van der Waals surface area contributed by atoms with E-state index < -0.39 is 0 Å². The van der Waals surface area contributed by atoms with Crippen LogP contribution in [0.5, 0.6) is 0 Å². The van der Waals surface area contributed by atoms with E-state index in [1.165, 1.54) is 32.7 Å². The monoisotopic (exact) mass is 535 g/mol. The normalized spacial score (nSPS) is 11.3. The molecule has 8 aromatic rings. The molecule has 0 spiro atoms. The number of hydrogen-bond donors (Lipinski definition) is 0. The van der Waals surface area contributed by atoms with Crippen molar-refractivity contribution in [2.24, 2.45) is 0 Å². The highest BCUT2D eigenvalue weighted by Gasteiger charge is 2.14. The molecule has 0 fully saturated rings. The third kappa shape index (κ3) is 4.20. The molecule has 0 saturated heterocycles. The van der Waals surface area contributed by atoms with Gasteiger partial charge in [0, 0.05) is 40.7 Å². The molecule has 3 nitrogen and oxygen atoms in total. The number of aromatic nitrogens is 3. The van der Waals surface area contributed by atoms with Crippen molar-refractivity contribution < 1.29 is 0 Å². The van der Waals surface area contributed by atoms with E-state index in [0.29, 0.717) is 0 Å². The Morgan fingerprint density at radius 1 is 0.405 bits per heavy atom. The number of benzene rings is 5. The first-order valence-corrected chi connectivity index (χ1v) is 14.1. The van der Waals surface area contributed by atoms with E-state index in [1.807, 2.05) is 24.5 Å². The molecule has 0 atom stereocenters. The summed E-state index contributed by atoms with van der Waals surface area (Å²) in [6.45, 7) is 0. The Labute approximate surface area is 243 Å². The Hall–Kier alpha value is -5.67. The van der Waals surface area contributed by atoms with Crippen molar-refractivity contribution in [3.05, 3.63) is 152 Å². The van der Waals surface area contributed by atoms with Gasteiger partial charge >= 0.3 is 0 Å². The van der Waals surface area contributed by atoms with Gasteiger partial charge in [-0.15, -0.1) is 0 Å². The average molecular weight is 536 g/mol. The Morgan fingerprint density at radius 2 is 1.12 bits per heavy atom. The summed E-state index contributed by atoms with van der Waals surface area (Å²) in [4.78, 5) is 14.3. The third-order valence-electron chi connectivity index (χ3n) is 8.01. The highest BCUT2D eigenvalue weighted by molar-refractivity contribution is 6.04. The van der Waals surface area contributed by atoms with Crippen molar-refractivity contribution in [1.82, 2.24) is 15.0 Å². The zero-order valence-corrected chi connectivity index (χ0v) is 22.8. The van der Waals surface area contributed by atoms with E-state index in [1.54, 1.807) is 6.20 Å². The molecule has 0 aliphatic rings. The quantitative estimate of drug-likeness (QED) is 0.225. The smallest absolute Gasteiger partial charge is 0.0722 e. The maximum absolute atomic E-state index is 5.22. The van der Waals surface area contributed by atoms with Crippen LogP contribution in [0.4, 0.5) is 0 Å². The first-order chi connectivity index (χ1) is 20.8. The molecule has 8 rings (SSSR count). The number of rotatable bonds is 4. The van der Waals surface area contributed by atoms with Gasteiger partial charge in [0.05, 0.1) is 16.9 Å². The largest absolute Gasteiger partial charge is 0.264 e. The Bertz CT molecular complexity index is 2230. The van der Waals surface area contributed by atoms with Gasteiger partial charge in [-0.3, -0.25) is 9.97 Å². The molecule has 5 aromatic carbocycles. The van der Waals surface area contributed by atoms with Crippen molar-refractivity contribution in [1.29, 1.82) is 0 Å². The second kappa shape index (κ2) is 10.1. The first kappa shape index (κ1) is 24.2. The van der Waals surface area contributed by atoms with Gasteiger partial charge in [-0.2, -0.15) is 0 Å². The predicted octanol–water partition coefficient (Wildman–Crippen LogP) is 10.00. The fourth-order valence-electron chi connectivity index (χ4n) is 5.93. The first-order valence-electron chi connectivity index (χ1n) is 14.1. The standard InChI is InChI=1S/C39H25N3/c1-3-13-31-26(8-1)10-5-15-33(31)28-17-20-38-36(22-28)35(29-18-19-37(41-25-29)30-12-7-21-40-24-30)23-39(42-38)34-16-6-11-27-9-2-4-14-32(27)34/h1-25H. The summed E-state index contributed by atoms with van der Waals surface area (Å²) in [6, 6.07) is 47.0. The highest BCUT2D eigenvalue weighted by Crippen LogP contribution is 2.38. The van der Waals surface area contributed by atoms with Crippen LogP contribution in [0.15, 0.2) is 152 Å². The summed E-state index contributed by atoms with van der Waals surface area (Å²) in [6.07, 6.45) is 5.59. The van der Waals surface area contributed by atoms with Gasteiger partial charge in [-0.25, -0.2) is 4.98 Å². The van der Waals surface area contributed by atoms with E-state index in [4.69, 9.17) is 9.97 Å². The molecule has 0 aliphatic heterocycles. The molecule has 42 heavy (non-hydrogen) atoms. The van der Waals surface area contributed by atoms with E-state index in [9.17, 15) is 0 Å². The lowest BCUT2D eigenvalue weighted by molar-refractivity contribution is 1.28. The number of hydrogen-bond acceptors (Lipinski definition) is 3. The average Bonchev–Trinajstić information content (AvgIpc) is 3.07. The summed E-state index contributed by atoms with van der Waals surface area (Å²) in [5.41, 5.74) is 9.45. The number of fused-ring (bicyclic) bond motifs is 3. The molecule has 196 valence electrons. The maximum Gasteiger partial charge on any atom is 0.0722 e. The molecular weight excluding hydrogens is 510 g/mol. The SMILES string of the molecule is c1cncc(-c2ccc(-c3cc(-c4cccc5ccccc45)nc4ccc(-c5cccc6ccccc56)cc34)cn2)c1. The summed E-state index contributed by atoms with van der Waals surface area (Å²) in [5.74, 6) is 0. The lowest BCUT2D eigenvalue weighted by Gasteiger charge is -2.14. The van der Waals surface area contributed by atoms with E-state index in [-0.39, 0.29) is 0 Å². The summed E-state index contributed by atoms with van der Waals surface area (Å²) in [7, 11) is 0. The summed E-state index contributed by atoms with van der Waals surface area (Å²) >= 11 is 0. The van der Waals surface area contributed by atoms with Crippen LogP contribution in [0.25, 0.3) is 77.2 Å². The molecule has 0 saturated carbocycles. The molecule has 0 unspecified atom stereocenters. The van der Waals surface area contributed by atoms with Gasteiger partial charge in [0.2, 0.25) is 0 Å². The molecule has 0 radical (unpaired) electrons. The summed E-state index contributed by atoms with van der Waals surface area (Å²) in [5, 5.41) is 5.96. The van der Waals surface area contributed by atoms with E-state index in [2.05, 4.69) is 126 Å². The molecule has 3 aromatic heterocycles. The van der Waals surface area contributed by atoms with Crippen LogP contribution in [0, 0.1) is 0 Å². The molecule has 3 heteroatoms. The Balaban J connectivity index is 1.36. The molecule has 0 aliphatic carbocycles. The van der Waals surface area contributed by atoms with Crippen LogP contribution < -0.4 is 0 Å². The van der Waals surface area contributed by atoms with Crippen molar-refractivity contribution >= 4 is 32.4 Å². The van der Waals surface area contributed by atoms with Crippen LogP contribution in [0.3, 0.4) is 0 Å². The predicted molar refractivity (Wildman–Crippen MR) is 174 cm³/mol. The van der Waals surface area contributed by atoms with Crippen molar-refractivity contribution in [2.45, 2.75) is 0 Å². The molecule has 0 bridgehead atoms. The fourth-order valence-corrected chi connectivity index (χ4v) is 5.93. The maximum atomic E-state index is 5.22. The minimum absolute atomic E-state index is 0.899. The molecule has 0 amide bonds. The Kier molecular flexibility index (Phi) is 5.79. The van der Waals surface area contributed by atoms with Gasteiger partial charge in [0.25, 0.3) is 0 Å². The van der Waals surface area contributed by atoms with Gasteiger partial charge < -0.3 is 0 Å². The van der Waals surface area contributed by atoms with Gasteiger partial charge in [0.1, 0.15) is 0 Å². The summed E-state index contributed by atoms with van der Waals surface area (Å²) < 4.78 is 0. The third-order valence-corrected chi connectivity index (χ3v) is 8.01. The van der Waals surface area contributed by atoms with Crippen LogP contribution in [0.2, 0.25) is 0 Å². The van der Waals surface area contributed by atoms with Crippen LogP contribution in [-0.2, 0) is 0 Å². The zero-order valence-electron chi connectivity index (χ0n) is 22.8. The lowest BCUT2D eigenvalue weighted by atomic mass is 9.93. The van der Waals surface area contributed by atoms with Crippen LogP contribution >= 0.6 is 0 Å². The van der Waals surface area contributed by atoms with Crippen LogP contribution in [-0.4, -0.2) is 15.0 Å². The number of pyridine rings is 3. The van der Waals surface area contributed by atoms with Crippen LogP contribution in [0.1, 0.15) is 0 Å². The second-order valence-electron chi connectivity index (χ2n) is 10.5. The van der Waals surface area contributed by atoms with Crippen molar-refractivity contribution in [3.8, 4) is 44.8 Å². The lowest BCUT2D eigenvalue weighted by Crippen LogP contribution is -1.93. The zero-order chi connectivity index (χ0) is 27.9. The minimum Gasteiger partial charge on any atom is -0.264 e. The highest BCUT2D eigenvalue weighted by atomic mass is 14.7. The Morgan fingerprint density at radius 3 is 1.86 bits per heavy atom. The molecule has 0 N–H and O–H groups in total. The second-order valence-corrected chi connectivity index (χ2v) is 10.5.